The van der Waals surface area contributed by atoms with E-state index in [1.54, 1.807) is 70.3 Å². The van der Waals surface area contributed by atoms with Crippen LogP contribution in [0.4, 0.5) is 10.5 Å². The molecule has 1 aliphatic rings. The van der Waals surface area contributed by atoms with Crippen LogP contribution in [0.15, 0.2) is 47.5 Å². The first-order valence-electron chi connectivity index (χ1n) is 8.99. The summed E-state index contributed by atoms with van der Waals surface area (Å²) in [5.41, 5.74) is 1.75. The molecule has 0 saturated carbocycles. The van der Waals surface area contributed by atoms with Gasteiger partial charge in [-0.15, -0.1) is 0 Å². The minimum Gasteiger partial charge on any atom is -0.497 e. The van der Waals surface area contributed by atoms with Crippen molar-refractivity contribution in [1.82, 2.24) is 5.32 Å². The lowest BCUT2D eigenvalue weighted by Crippen LogP contribution is -2.44. The van der Waals surface area contributed by atoms with Gasteiger partial charge in [0.15, 0.2) is 0 Å². The number of alkyl carbamates (subject to hydrolysis) is 1. The largest absolute Gasteiger partial charge is 0.497 e. The van der Waals surface area contributed by atoms with Crippen molar-refractivity contribution in [1.29, 1.82) is 0 Å². The van der Waals surface area contributed by atoms with Crippen molar-refractivity contribution >= 4 is 35.0 Å². The molecule has 0 aliphatic carbocycles. The van der Waals surface area contributed by atoms with Gasteiger partial charge in [-0.1, -0.05) is 23.7 Å². The quantitative estimate of drug-likeness (QED) is 0.793. The predicted molar refractivity (Wildman–Crippen MR) is 112 cm³/mol. The van der Waals surface area contributed by atoms with Gasteiger partial charge >= 0.3 is 6.09 Å². The molecule has 8 heteroatoms. The summed E-state index contributed by atoms with van der Waals surface area (Å²) in [4.78, 5) is 29.5. The minimum absolute atomic E-state index is 0.480. The first kappa shape index (κ1) is 20.7. The molecular formula is C21H22ClN3O4. The number of fused-ring (bicyclic) bond motifs is 1. The van der Waals surface area contributed by atoms with Crippen molar-refractivity contribution in [2.75, 3.05) is 12.4 Å². The lowest BCUT2D eigenvalue weighted by Gasteiger charge is -2.21. The number of carbonyl (C=O) groups is 2. The minimum atomic E-state index is -1.17. The Kier molecular flexibility index (Phi) is 5.79. The van der Waals surface area contributed by atoms with Crippen LogP contribution in [0.1, 0.15) is 31.9 Å². The van der Waals surface area contributed by atoms with Gasteiger partial charge in [-0.3, -0.25) is 10.1 Å². The maximum Gasteiger partial charge on any atom is 0.409 e. The van der Waals surface area contributed by atoms with E-state index in [1.165, 1.54) is 0 Å². The number of nitrogens with one attached hydrogen (secondary N) is 2. The topological polar surface area (TPSA) is 89.0 Å². The van der Waals surface area contributed by atoms with Crippen molar-refractivity contribution in [2.45, 2.75) is 32.5 Å². The molecule has 1 heterocycles. The van der Waals surface area contributed by atoms with E-state index in [2.05, 4.69) is 15.6 Å². The van der Waals surface area contributed by atoms with Gasteiger partial charge in [-0.25, -0.2) is 9.79 Å². The number of rotatable bonds is 3. The van der Waals surface area contributed by atoms with Crippen LogP contribution in [0.2, 0.25) is 5.02 Å². The van der Waals surface area contributed by atoms with Crippen LogP contribution < -0.4 is 15.4 Å². The highest BCUT2D eigenvalue weighted by atomic mass is 35.5. The number of hydrogen-bond donors (Lipinski definition) is 2. The zero-order valence-corrected chi connectivity index (χ0v) is 17.3. The maximum atomic E-state index is 12.7. The van der Waals surface area contributed by atoms with E-state index in [0.717, 1.165) is 5.56 Å². The van der Waals surface area contributed by atoms with Crippen molar-refractivity contribution in [3.05, 3.63) is 58.6 Å². The Hall–Kier alpha value is -3.06. The molecular weight excluding hydrogens is 394 g/mol. The van der Waals surface area contributed by atoms with E-state index in [9.17, 15) is 9.59 Å². The molecule has 7 nitrogen and oxygen atoms in total. The number of methoxy groups -OCH3 is 1. The van der Waals surface area contributed by atoms with E-state index in [4.69, 9.17) is 21.1 Å². The lowest BCUT2D eigenvalue weighted by atomic mass is 10.0. The molecule has 1 aliphatic heterocycles. The first-order chi connectivity index (χ1) is 13.7. The number of anilines is 1. The van der Waals surface area contributed by atoms with E-state index in [0.29, 0.717) is 27.7 Å². The molecule has 2 N–H and O–H groups in total. The third kappa shape index (κ3) is 5.06. The molecule has 0 radical (unpaired) electrons. The van der Waals surface area contributed by atoms with Crippen molar-refractivity contribution in [2.24, 2.45) is 4.99 Å². The van der Waals surface area contributed by atoms with Crippen LogP contribution >= 0.6 is 11.6 Å². The molecule has 2 aromatic carbocycles. The molecule has 0 saturated heterocycles. The van der Waals surface area contributed by atoms with Gasteiger partial charge in [0.2, 0.25) is 6.17 Å². The summed E-state index contributed by atoms with van der Waals surface area (Å²) in [7, 11) is 1.56. The standard InChI is InChI=1S/C21H22ClN3O4/c1-21(2,3)29-20(27)25-18-19(26)23-16-10-9-14(28-4)11-15(16)17(24-18)12-5-7-13(22)8-6-12/h5-11,18H,1-4H3,(H,23,26)(H,25,27). The molecule has 0 fully saturated rings. The van der Waals surface area contributed by atoms with E-state index < -0.39 is 23.8 Å². The summed E-state index contributed by atoms with van der Waals surface area (Å²) >= 11 is 6.01. The monoisotopic (exact) mass is 415 g/mol. The lowest BCUT2D eigenvalue weighted by molar-refractivity contribution is -0.118. The highest BCUT2D eigenvalue weighted by Gasteiger charge is 2.29. The average molecular weight is 416 g/mol. The van der Waals surface area contributed by atoms with Crippen molar-refractivity contribution in [3.8, 4) is 5.75 Å². The number of benzodiazepines with no additional fused rings is 1. The SMILES string of the molecule is COc1ccc2c(c1)C(c1ccc(Cl)cc1)=NC(NC(=O)OC(C)(C)C)C(=O)N2. The molecule has 0 spiro atoms. The van der Waals surface area contributed by atoms with Gasteiger partial charge in [0, 0.05) is 16.1 Å². The van der Waals surface area contributed by atoms with Crippen LogP contribution in [0, 0.1) is 0 Å². The van der Waals surface area contributed by atoms with E-state index >= 15 is 0 Å². The van der Waals surface area contributed by atoms with Gasteiger partial charge in [-0.05, 0) is 51.1 Å². The van der Waals surface area contributed by atoms with Crippen LogP contribution in [-0.2, 0) is 9.53 Å². The molecule has 1 unspecified atom stereocenters. The van der Waals surface area contributed by atoms with Crippen LogP contribution in [0.5, 0.6) is 5.75 Å². The van der Waals surface area contributed by atoms with Crippen LogP contribution in [0.25, 0.3) is 0 Å². The van der Waals surface area contributed by atoms with E-state index in [1.807, 2.05) is 0 Å². The summed E-state index contributed by atoms with van der Waals surface area (Å²) in [5, 5.41) is 5.89. The zero-order chi connectivity index (χ0) is 21.2. The number of halogens is 1. The fourth-order valence-electron chi connectivity index (χ4n) is 2.77. The summed E-state index contributed by atoms with van der Waals surface area (Å²) < 4.78 is 10.6. The van der Waals surface area contributed by atoms with Crippen LogP contribution in [-0.4, -0.2) is 36.6 Å². The Bertz CT molecular complexity index is 965. The molecule has 2 amide bonds. The molecule has 0 bridgehead atoms. The third-order valence-corrected chi connectivity index (χ3v) is 4.27. The number of hydrogen-bond acceptors (Lipinski definition) is 5. The summed E-state index contributed by atoms with van der Waals surface area (Å²) in [6, 6.07) is 12.3. The second-order valence-corrected chi connectivity index (χ2v) is 7.87. The summed E-state index contributed by atoms with van der Waals surface area (Å²) in [6.07, 6.45) is -1.91. The number of amides is 2. The predicted octanol–water partition coefficient (Wildman–Crippen LogP) is 3.99. The number of carbonyl (C=O) groups excluding carboxylic acids is 2. The Balaban J connectivity index is 2.06. The van der Waals surface area contributed by atoms with Crippen molar-refractivity contribution in [3.63, 3.8) is 0 Å². The normalized spacial score (nSPS) is 16.1. The van der Waals surface area contributed by atoms with Gasteiger partial charge in [0.25, 0.3) is 5.91 Å². The smallest absolute Gasteiger partial charge is 0.409 e. The Morgan fingerprint density at radius 3 is 2.48 bits per heavy atom. The zero-order valence-electron chi connectivity index (χ0n) is 16.6. The fraction of sp³-hybridized carbons (Fsp3) is 0.286. The first-order valence-corrected chi connectivity index (χ1v) is 9.36. The van der Waals surface area contributed by atoms with Gasteiger partial charge in [-0.2, -0.15) is 0 Å². The number of benzene rings is 2. The second-order valence-electron chi connectivity index (χ2n) is 7.43. The van der Waals surface area contributed by atoms with Crippen molar-refractivity contribution < 1.29 is 19.1 Å². The summed E-state index contributed by atoms with van der Waals surface area (Å²) in [6.45, 7) is 5.22. The molecule has 0 aromatic heterocycles. The summed E-state index contributed by atoms with van der Waals surface area (Å²) in [5.74, 6) is 0.129. The van der Waals surface area contributed by atoms with E-state index in [-0.39, 0.29) is 0 Å². The highest BCUT2D eigenvalue weighted by molar-refractivity contribution is 6.30. The number of ether oxygens (including phenoxy) is 2. The maximum absolute atomic E-state index is 12.7. The third-order valence-electron chi connectivity index (χ3n) is 4.02. The Labute approximate surface area is 174 Å². The Morgan fingerprint density at radius 2 is 1.86 bits per heavy atom. The number of aliphatic imine (C=N–C) groups is 1. The van der Waals surface area contributed by atoms with Gasteiger partial charge in [0.05, 0.1) is 18.5 Å². The second kappa shape index (κ2) is 8.13. The Morgan fingerprint density at radius 1 is 1.17 bits per heavy atom. The molecule has 1 atom stereocenters. The average Bonchev–Trinajstić information content (AvgIpc) is 2.77. The number of nitrogens with zero attached hydrogens (tertiary/aromatic N) is 1. The molecule has 152 valence electrons. The van der Waals surface area contributed by atoms with Gasteiger partial charge in [0.1, 0.15) is 11.4 Å². The molecule has 2 aromatic rings. The van der Waals surface area contributed by atoms with Crippen LogP contribution in [0.3, 0.4) is 0 Å². The fourth-order valence-corrected chi connectivity index (χ4v) is 2.89. The van der Waals surface area contributed by atoms with Gasteiger partial charge < -0.3 is 14.8 Å². The molecule has 29 heavy (non-hydrogen) atoms. The molecule has 3 rings (SSSR count). The highest BCUT2D eigenvalue weighted by Crippen LogP contribution is 2.28.